The standard InChI is InChI=1S/C16H22N6O2/c1-17-16(18-6-8-22-7-3-5-19-22)21-11-9-20(10-12-21)15(23)14-4-2-13-24-14/h2-5,7,13H,6,8-12H2,1H3,(H,17,18). The van der Waals surface area contributed by atoms with E-state index in [-0.39, 0.29) is 5.91 Å². The summed E-state index contributed by atoms with van der Waals surface area (Å²) in [6.07, 6.45) is 5.22. The van der Waals surface area contributed by atoms with Gasteiger partial charge in [0.1, 0.15) is 0 Å². The second-order valence-electron chi connectivity index (χ2n) is 5.50. The third kappa shape index (κ3) is 3.76. The highest BCUT2D eigenvalue weighted by Gasteiger charge is 2.24. The van der Waals surface area contributed by atoms with Gasteiger partial charge in [-0.3, -0.25) is 14.5 Å². The molecular weight excluding hydrogens is 308 g/mol. The van der Waals surface area contributed by atoms with Crippen LogP contribution in [0, 0.1) is 0 Å². The minimum atomic E-state index is -0.0544. The number of piperazine rings is 1. The van der Waals surface area contributed by atoms with Gasteiger partial charge < -0.3 is 19.5 Å². The summed E-state index contributed by atoms with van der Waals surface area (Å²) in [5.74, 6) is 1.19. The Balaban J connectivity index is 1.46. The summed E-state index contributed by atoms with van der Waals surface area (Å²) in [7, 11) is 1.77. The van der Waals surface area contributed by atoms with Crippen LogP contribution < -0.4 is 5.32 Å². The molecule has 128 valence electrons. The Labute approximate surface area is 140 Å². The maximum atomic E-state index is 12.3. The van der Waals surface area contributed by atoms with Gasteiger partial charge in [-0.05, 0) is 18.2 Å². The van der Waals surface area contributed by atoms with E-state index >= 15 is 0 Å². The molecule has 1 amide bonds. The molecule has 0 saturated carbocycles. The number of hydrogen-bond donors (Lipinski definition) is 1. The number of furan rings is 1. The lowest BCUT2D eigenvalue weighted by atomic mass is 10.3. The summed E-state index contributed by atoms with van der Waals surface area (Å²) < 4.78 is 7.06. The number of nitrogens with zero attached hydrogens (tertiary/aromatic N) is 5. The predicted octanol–water partition coefficient (Wildman–Crippen LogP) is 0.510. The van der Waals surface area contributed by atoms with Gasteiger partial charge in [0.25, 0.3) is 5.91 Å². The van der Waals surface area contributed by atoms with Gasteiger partial charge in [0, 0.05) is 52.2 Å². The number of guanidine groups is 1. The minimum Gasteiger partial charge on any atom is -0.459 e. The highest BCUT2D eigenvalue weighted by atomic mass is 16.3. The van der Waals surface area contributed by atoms with Crippen molar-refractivity contribution in [3.05, 3.63) is 42.6 Å². The van der Waals surface area contributed by atoms with Gasteiger partial charge in [0.05, 0.1) is 12.8 Å². The molecule has 8 nitrogen and oxygen atoms in total. The molecule has 8 heteroatoms. The molecule has 3 heterocycles. The van der Waals surface area contributed by atoms with Crippen molar-refractivity contribution in [1.82, 2.24) is 24.9 Å². The van der Waals surface area contributed by atoms with Crippen molar-refractivity contribution in [2.24, 2.45) is 4.99 Å². The van der Waals surface area contributed by atoms with E-state index < -0.39 is 0 Å². The van der Waals surface area contributed by atoms with Crippen LogP contribution in [0.15, 0.2) is 46.3 Å². The molecule has 1 aliphatic heterocycles. The second kappa shape index (κ2) is 7.67. The molecule has 0 aliphatic carbocycles. The lowest BCUT2D eigenvalue weighted by molar-refractivity contribution is 0.0657. The lowest BCUT2D eigenvalue weighted by Crippen LogP contribution is -2.54. The maximum Gasteiger partial charge on any atom is 0.289 e. The monoisotopic (exact) mass is 330 g/mol. The first-order valence-electron chi connectivity index (χ1n) is 8.04. The average molecular weight is 330 g/mol. The van der Waals surface area contributed by atoms with Crippen LogP contribution in [0.1, 0.15) is 10.6 Å². The van der Waals surface area contributed by atoms with E-state index in [2.05, 4.69) is 20.3 Å². The normalized spacial score (nSPS) is 15.6. The summed E-state index contributed by atoms with van der Waals surface area (Å²) in [6, 6.07) is 5.34. The van der Waals surface area contributed by atoms with E-state index in [1.165, 1.54) is 6.26 Å². The number of aliphatic imine (C=N–C) groups is 1. The number of aromatic nitrogens is 2. The van der Waals surface area contributed by atoms with Gasteiger partial charge in [0.2, 0.25) is 0 Å². The summed E-state index contributed by atoms with van der Waals surface area (Å²) in [5, 5.41) is 7.52. The predicted molar refractivity (Wildman–Crippen MR) is 89.8 cm³/mol. The van der Waals surface area contributed by atoms with Crippen LogP contribution in [0.5, 0.6) is 0 Å². The van der Waals surface area contributed by atoms with Crippen LogP contribution in [0.25, 0.3) is 0 Å². The second-order valence-corrected chi connectivity index (χ2v) is 5.50. The topological polar surface area (TPSA) is 78.9 Å². The molecule has 2 aromatic rings. The first kappa shape index (κ1) is 16.1. The summed E-state index contributed by atoms with van der Waals surface area (Å²) in [6.45, 7) is 4.32. The van der Waals surface area contributed by atoms with Crippen molar-refractivity contribution in [3.63, 3.8) is 0 Å². The molecule has 0 unspecified atom stereocenters. The van der Waals surface area contributed by atoms with Crippen molar-refractivity contribution in [2.45, 2.75) is 6.54 Å². The van der Waals surface area contributed by atoms with Crippen LogP contribution in [-0.2, 0) is 6.54 Å². The molecule has 1 N–H and O–H groups in total. The van der Waals surface area contributed by atoms with Gasteiger partial charge >= 0.3 is 0 Å². The largest absolute Gasteiger partial charge is 0.459 e. The average Bonchev–Trinajstić information content (AvgIpc) is 3.32. The Hall–Kier alpha value is -2.77. The zero-order chi connectivity index (χ0) is 16.8. The Kier molecular flexibility index (Phi) is 5.15. The first-order valence-corrected chi connectivity index (χ1v) is 8.04. The molecular formula is C16H22N6O2. The van der Waals surface area contributed by atoms with Gasteiger partial charge in [-0.15, -0.1) is 0 Å². The number of hydrogen-bond acceptors (Lipinski definition) is 4. The van der Waals surface area contributed by atoms with Gasteiger partial charge in [-0.2, -0.15) is 5.10 Å². The number of nitrogens with one attached hydrogen (secondary N) is 1. The molecule has 0 spiro atoms. The van der Waals surface area contributed by atoms with Gasteiger partial charge in [-0.25, -0.2) is 0 Å². The van der Waals surface area contributed by atoms with Crippen molar-refractivity contribution < 1.29 is 9.21 Å². The third-order valence-electron chi connectivity index (χ3n) is 3.99. The number of carbonyl (C=O) groups excluding carboxylic acids is 1. The van der Waals surface area contributed by atoms with E-state index in [0.29, 0.717) is 18.8 Å². The third-order valence-corrected chi connectivity index (χ3v) is 3.99. The maximum absolute atomic E-state index is 12.3. The smallest absolute Gasteiger partial charge is 0.289 e. The molecule has 0 aromatic carbocycles. The van der Waals surface area contributed by atoms with Crippen molar-refractivity contribution in [1.29, 1.82) is 0 Å². The fourth-order valence-electron chi connectivity index (χ4n) is 2.72. The van der Waals surface area contributed by atoms with E-state index in [1.807, 2.05) is 21.8 Å². The molecule has 1 saturated heterocycles. The number of carbonyl (C=O) groups is 1. The minimum absolute atomic E-state index is 0.0544. The summed E-state index contributed by atoms with van der Waals surface area (Å²) in [5.41, 5.74) is 0. The van der Waals surface area contributed by atoms with Crippen LogP contribution in [0.3, 0.4) is 0 Å². The lowest BCUT2D eigenvalue weighted by Gasteiger charge is -2.36. The first-order chi connectivity index (χ1) is 11.8. The molecule has 24 heavy (non-hydrogen) atoms. The molecule has 2 aromatic heterocycles. The molecule has 0 radical (unpaired) electrons. The van der Waals surface area contributed by atoms with Crippen LogP contribution in [-0.4, -0.2) is 71.2 Å². The SMILES string of the molecule is CN=C(NCCn1cccn1)N1CCN(C(=O)c2ccco2)CC1. The fourth-order valence-corrected chi connectivity index (χ4v) is 2.72. The molecule has 0 bridgehead atoms. The van der Waals surface area contributed by atoms with Crippen LogP contribution >= 0.6 is 0 Å². The fraction of sp³-hybridized carbons (Fsp3) is 0.438. The van der Waals surface area contributed by atoms with Crippen LogP contribution in [0.4, 0.5) is 0 Å². The highest BCUT2D eigenvalue weighted by molar-refractivity contribution is 5.91. The zero-order valence-electron chi connectivity index (χ0n) is 13.8. The van der Waals surface area contributed by atoms with Crippen molar-refractivity contribution in [3.8, 4) is 0 Å². The Morgan fingerprint density at radius 3 is 2.71 bits per heavy atom. The van der Waals surface area contributed by atoms with E-state index in [1.54, 1.807) is 25.4 Å². The van der Waals surface area contributed by atoms with E-state index in [4.69, 9.17) is 4.42 Å². The summed E-state index contributed by atoms with van der Waals surface area (Å²) in [4.78, 5) is 20.6. The van der Waals surface area contributed by atoms with Gasteiger partial charge in [-0.1, -0.05) is 0 Å². The van der Waals surface area contributed by atoms with E-state index in [9.17, 15) is 4.79 Å². The Morgan fingerprint density at radius 2 is 2.08 bits per heavy atom. The van der Waals surface area contributed by atoms with Crippen molar-refractivity contribution in [2.75, 3.05) is 39.8 Å². The quantitative estimate of drug-likeness (QED) is 0.653. The number of rotatable bonds is 4. The molecule has 0 atom stereocenters. The van der Waals surface area contributed by atoms with Gasteiger partial charge in [0.15, 0.2) is 11.7 Å². The van der Waals surface area contributed by atoms with Crippen LogP contribution in [0.2, 0.25) is 0 Å². The molecule has 1 fully saturated rings. The molecule has 1 aliphatic rings. The van der Waals surface area contributed by atoms with Crippen molar-refractivity contribution >= 4 is 11.9 Å². The zero-order valence-corrected chi connectivity index (χ0v) is 13.8. The Bertz CT molecular complexity index is 657. The molecule has 3 rings (SSSR count). The number of amides is 1. The highest BCUT2D eigenvalue weighted by Crippen LogP contribution is 2.09. The van der Waals surface area contributed by atoms with E-state index in [0.717, 1.165) is 32.1 Å². The Morgan fingerprint density at radius 1 is 1.29 bits per heavy atom. The summed E-state index contributed by atoms with van der Waals surface area (Å²) >= 11 is 0.